The number of H-pyrrole nitrogens is 1. The molecule has 2 heterocycles. The molecule has 0 bridgehead atoms. The van der Waals surface area contributed by atoms with Gasteiger partial charge >= 0.3 is 0 Å². The van der Waals surface area contributed by atoms with Crippen LogP contribution in [0.4, 0.5) is 0 Å². The normalized spacial score (nSPS) is 11.1. The summed E-state index contributed by atoms with van der Waals surface area (Å²) in [5.41, 5.74) is 1.57. The zero-order valence-corrected chi connectivity index (χ0v) is 14.9. The number of hydrogen-bond acceptors (Lipinski definition) is 7. The van der Waals surface area contributed by atoms with Crippen LogP contribution in [0.3, 0.4) is 0 Å². The van der Waals surface area contributed by atoms with E-state index in [9.17, 15) is 0 Å². The zero-order valence-electron chi connectivity index (χ0n) is 13.3. The average Bonchev–Trinajstić information content (AvgIpc) is 3.17. The van der Waals surface area contributed by atoms with Crippen molar-refractivity contribution in [3.05, 3.63) is 39.1 Å². The molecule has 0 aliphatic heterocycles. The van der Waals surface area contributed by atoms with Gasteiger partial charge in [-0.25, -0.2) is 10.1 Å². The van der Waals surface area contributed by atoms with Crippen molar-refractivity contribution < 1.29 is 9.47 Å². The fourth-order valence-electron chi connectivity index (χ4n) is 2.12. The van der Waals surface area contributed by atoms with E-state index in [2.05, 4.69) is 20.3 Å². The summed E-state index contributed by atoms with van der Waals surface area (Å²) in [5.74, 6) is 1.82. The number of methoxy groups -OCH3 is 2. The number of thiazole rings is 1. The molecule has 0 aliphatic carbocycles. The van der Waals surface area contributed by atoms with E-state index < -0.39 is 0 Å². The van der Waals surface area contributed by atoms with Crippen LogP contribution < -0.4 is 9.47 Å². The molecule has 9 heteroatoms. The third-order valence-corrected chi connectivity index (χ3v) is 4.29. The SMILES string of the molecule is COc1ccc(-c2n[nH]c(=S)n2/N=C\c2csc(C)n2)cc1OC. The Labute approximate surface area is 147 Å². The van der Waals surface area contributed by atoms with Gasteiger partial charge in [-0.1, -0.05) is 0 Å². The van der Waals surface area contributed by atoms with Crippen LogP contribution in [0.5, 0.6) is 11.5 Å². The van der Waals surface area contributed by atoms with E-state index in [1.54, 1.807) is 36.4 Å². The van der Waals surface area contributed by atoms with Gasteiger partial charge in [0.1, 0.15) is 0 Å². The van der Waals surface area contributed by atoms with Gasteiger partial charge in [0.25, 0.3) is 0 Å². The maximum atomic E-state index is 5.33. The smallest absolute Gasteiger partial charge is 0.216 e. The predicted molar refractivity (Wildman–Crippen MR) is 95.8 cm³/mol. The number of aryl methyl sites for hydroxylation is 1. The number of ether oxygens (including phenoxy) is 2. The first-order valence-corrected chi connectivity index (χ1v) is 8.27. The van der Waals surface area contributed by atoms with Crippen molar-refractivity contribution in [1.82, 2.24) is 19.9 Å². The van der Waals surface area contributed by atoms with E-state index >= 15 is 0 Å². The second-order valence-corrected chi connectivity index (χ2v) is 6.22. The highest BCUT2D eigenvalue weighted by atomic mass is 32.1. The number of benzene rings is 1. The Kier molecular flexibility index (Phi) is 4.72. The van der Waals surface area contributed by atoms with Gasteiger partial charge in [0.15, 0.2) is 17.3 Å². The Balaban J connectivity index is 2.01. The summed E-state index contributed by atoms with van der Waals surface area (Å²) < 4.78 is 12.5. The molecule has 24 heavy (non-hydrogen) atoms. The van der Waals surface area contributed by atoms with Crippen LogP contribution in [0, 0.1) is 11.7 Å². The fraction of sp³-hybridized carbons (Fsp3) is 0.200. The Bertz CT molecular complexity index is 941. The van der Waals surface area contributed by atoms with Crippen molar-refractivity contribution in [1.29, 1.82) is 0 Å². The van der Waals surface area contributed by atoms with Crippen molar-refractivity contribution in [2.45, 2.75) is 6.92 Å². The molecule has 0 amide bonds. The molecule has 3 rings (SSSR count). The minimum Gasteiger partial charge on any atom is -0.493 e. The molecule has 1 N–H and O–H groups in total. The molecule has 0 unspecified atom stereocenters. The number of nitrogens with one attached hydrogen (secondary N) is 1. The van der Waals surface area contributed by atoms with Gasteiger partial charge in [0.05, 0.1) is 31.1 Å². The Hall–Kier alpha value is -2.52. The summed E-state index contributed by atoms with van der Waals surface area (Å²) in [6.07, 6.45) is 1.65. The highest BCUT2D eigenvalue weighted by Gasteiger charge is 2.12. The van der Waals surface area contributed by atoms with E-state index in [4.69, 9.17) is 21.7 Å². The topological polar surface area (TPSA) is 77.3 Å². The first kappa shape index (κ1) is 16.3. The maximum Gasteiger partial charge on any atom is 0.216 e. The van der Waals surface area contributed by atoms with Crippen molar-refractivity contribution in [3.8, 4) is 22.9 Å². The molecule has 0 atom stereocenters. The second-order valence-electron chi connectivity index (χ2n) is 4.77. The lowest BCUT2D eigenvalue weighted by Gasteiger charge is -2.08. The molecule has 7 nitrogen and oxygen atoms in total. The molecular formula is C15H15N5O2S2. The van der Waals surface area contributed by atoms with Crippen molar-refractivity contribution in [2.24, 2.45) is 5.10 Å². The highest BCUT2D eigenvalue weighted by molar-refractivity contribution is 7.71. The number of rotatable bonds is 5. The summed E-state index contributed by atoms with van der Waals surface area (Å²) in [6, 6.07) is 5.50. The first-order chi connectivity index (χ1) is 11.6. The molecule has 0 saturated heterocycles. The summed E-state index contributed by atoms with van der Waals surface area (Å²) in [6.45, 7) is 1.95. The van der Waals surface area contributed by atoms with Crippen molar-refractivity contribution >= 4 is 29.8 Å². The van der Waals surface area contributed by atoms with Crippen LogP contribution in [-0.2, 0) is 0 Å². The summed E-state index contributed by atoms with van der Waals surface area (Å²) in [5, 5.41) is 14.3. The molecule has 0 spiro atoms. The average molecular weight is 361 g/mol. The third-order valence-electron chi connectivity index (χ3n) is 3.23. The predicted octanol–water partition coefficient (Wildman–Crippen LogP) is 3.27. The molecule has 0 fully saturated rings. The summed E-state index contributed by atoms with van der Waals surface area (Å²) in [7, 11) is 3.18. The largest absolute Gasteiger partial charge is 0.493 e. The van der Waals surface area contributed by atoms with Gasteiger partial charge in [-0.05, 0) is 37.3 Å². The summed E-state index contributed by atoms with van der Waals surface area (Å²) in [4.78, 5) is 4.35. The minimum atomic E-state index is 0.392. The quantitative estimate of drug-likeness (QED) is 0.557. The van der Waals surface area contributed by atoms with Crippen LogP contribution >= 0.6 is 23.6 Å². The third kappa shape index (κ3) is 3.22. The maximum absolute atomic E-state index is 5.33. The molecule has 124 valence electrons. The lowest BCUT2D eigenvalue weighted by atomic mass is 10.2. The molecule has 0 aliphatic rings. The van der Waals surface area contributed by atoms with Gasteiger partial charge in [-0.15, -0.1) is 11.3 Å². The van der Waals surface area contributed by atoms with E-state index in [1.165, 1.54) is 0 Å². The number of nitrogens with zero attached hydrogens (tertiary/aromatic N) is 4. The van der Waals surface area contributed by atoms with Gasteiger partial charge in [0, 0.05) is 10.9 Å². The summed E-state index contributed by atoms with van der Waals surface area (Å²) >= 11 is 6.82. The van der Waals surface area contributed by atoms with Crippen LogP contribution in [0.2, 0.25) is 0 Å². The van der Waals surface area contributed by atoms with Gasteiger partial charge in [0.2, 0.25) is 4.77 Å². The molecule has 0 saturated carbocycles. The number of hydrogen-bond donors (Lipinski definition) is 1. The van der Waals surface area contributed by atoms with Crippen molar-refractivity contribution in [3.63, 3.8) is 0 Å². The van der Waals surface area contributed by atoms with Crippen LogP contribution in [0.15, 0.2) is 28.7 Å². The van der Waals surface area contributed by atoms with Gasteiger partial charge in [-0.2, -0.15) is 14.9 Å². The number of aromatic nitrogens is 4. The van der Waals surface area contributed by atoms with Crippen molar-refractivity contribution in [2.75, 3.05) is 14.2 Å². The van der Waals surface area contributed by atoms with E-state index in [0.29, 0.717) is 22.1 Å². The molecule has 3 aromatic rings. The van der Waals surface area contributed by atoms with E-state index in [0.717, 1.165) is 16.3 Å². The van der Waals surface area contributed by atoms with Crippen LogP contribution in [-0.4, -0.2) is 40.3 Å². The van der Waals surface area contributed by atoms with E-state index in [-0.39, 0.29) is 0 Å². The van der Waals surface area contributed by atoms with Crippen LogP contribution in [0.25, 0.3) is 11.4 Å². The Morgan fingerprint density at radius 3 is 2.75 bits per heavy atom. The van der Waals surface area contributed by atoms with E-state index in [1.807, 2.05) is 30.5 Å². The molecular weight excluding hydrogens is 346 g/mol. The standard InChI is InChI=1S/C15H15N5O2S2/c1-9-17-11(8-24-9)7-16-20-14(18-19-15(20)23)10-4-5-12(21-2)13(6-10)22-3/h4-8H,1-3H3,(H,19,23)/b16-7-. The Morgan fingerprint density at radius 2 is 2.08 bits per heavy atom. The van der Waals surface area contributed by atoms with Crippen LogP contribution in [0.1, 0.15) is 10.7 Å². The molecule has 1 aromatic carbocycles. The fourth-order valence-corrected chi connectivity index (χ4v) is 2.86. The monoisotopic (exact) mass is 361 g/mol. The highest BCUT2D eigenvalue weighted by Crippen LogP contribution is 2.31. The second kappa shape index (κ2) is 6.93. The van der Waals surface area contributed by atoms with Gasteiger partial charge < -0.3 is 9.47 Å². The number of aromatic amines is 1. The van der Waals surface area contributed by atoms with Gasteiger partial charge in [-0.3, -0.25) is 0 Å². The Morgan fingerprint density at radius 1 is 1.29 bits per heavy atom. The molecule has 0 radical (unpaired) electrons. The minimum absolute atomic E-state index is 0.392. The first-order valence-electron chi connectivity index (χ1n) is 6.98. The lowest BCUT2D eigenvalue weighted by molar-refractivity contribution is 0.355. The zero-order chi connectivity index (χ0) is 17.1. The lowest BCUT2D eigenvalue weighted by Crippen LogP contribution is -1.97. The molecule has 2 aromatic heterocycles.